The van der Waals surface area contributed by atoms with E-state index in [4.69, 9.17) is 16.3 Å². The SMILES string of the molecule is COC(=O)[C@H]1CC[C@H](c2ccccc2Cl)N1C(=O)c1ccc(-c2ccccc2C#N)cc1. The molecule has 3 aromatic carbocycles. The highest BCUT2D eigenvalue weighted by atomic mass is 35.5. The number of halogens is 1. The second-order valence-electron chi connectivity index (χ2n) is 7.60. The third kappa shape index (κ3) is 3.98. The number of ether oxygens (including phenoxy) is 1. The maximum absolute atomic E-state index is 13.6. The Bertz CT molecular complexity index is 1200. The van der Waals surface area contributed by atoms with Crippen LogP contribution in [0.5, 0.6) is 0 Å². The van der Waals surface area contributed by atoms with E-state index >= 15 is 0 Å². The summed E-state index contributed by atoms with van der Waals surface area (Å²) in [5.41, 5.74) is 3.48. The van der Waals surface area contributed by atoms with Crippen molar-refractivity contribution in [1.82, 2.24) is 4.90 Å². The van der Waals surface area contributed by atoms with Crippen molar-refractivity contribution in [2.75, 3.05) is 7.11 Å². The highest BCUT2D eigenvalue weighted by molar-refractivity contribution is 6.31. The fourth-order valence-corrected chi connectivity index (χ4v) is 4.55. The predicted octanol–water partition coefficient (Wildman–Crippen LogP) is 5.40. The van der Waals surface area contributed by atoms with Crippen LogP contribution in [0.2, 0.25) is 5.02 Å². The molecular formula is C26H21ClN2O3. The van der Waals surface area contributed by atoms with Gasteiger partial charge in [0.05, 0.1) is 24.8 Å². The fraction of sp³-hybridized carbons (Fsp3) is 0.192. The van der Waals surface area contributed by atoms with Crippen LogP contribution in [0, 0.1) is 11.3 Å². The van der Waals surface area contributed by atoms with E-state index in [1.165, 1.54) is 7.11 Å². The molecule has 1 heterocycles. The molecule has 0 N–H and O–H groups in total. The van der Waals surface area contributed by atoms with Gasteiger partial charge in [0.25, 0.3) is 5.91 Å². The fourth-order valence-electron chi connectivity index (χ4n) is 4.29. The molecule has 4 rings (SSSR count). The summed E-state index contributed by atoms with van der Waals surface area (Å²) in [5.74, 6) is -0.699. The highest BCUT2D eigenvalue weighted by Crippen LogP contribution is 2.40. The van der Waals surface area contributed by atoms with Crippen LogP contribution in [0.3, 0.4) is 0 Å². The van der Waals surface area contributed by atoms with Crippen LogP contribution < -0.4 is 0 Å². The number of carbonyl (C=O) groups excluding carboxylic acids is 2. The minimum atomic E-state index is -0.673. The van der Waals surface area contributed by atoms with Crippen molar-refractivity contribution in [3.63, 3.8) is 0 Å². The van der Waals surface area contributed by atoms with Gasteiger partial charge < -0.3 is 9.64 Å². The van der Waals surface area contributed by atoms with E-state index < -0.39 is 12.0 Å². The third-order valence-electron chi connectivity index (χ3n) is 5.85. The van der Waals surface area contributed by atoms with Crippen LogP contribution in [0.1, 0.15) is 40.4 Å². The molecule has 0 radical (unpaired) electrons. The summed E-state index contributed by atoms with van der Waals surface area (Å²) in [7, 11) is 1.33. The number of likely N-dealkylation sites (tertiary alicyclic amines) is 1. The van der Waals surface area contributed by atoms with E-state index in [2.05, 4.69) is 6.07 Å². The van der Waals surface area contributed by atoms with Crippen molar-refractivity contribution in [3.8, 4) is 17.2 Å². The zero-order chi connectivity index (χ0) is 22.7. The molecule has 1 saturated heterocycles. The highest BCUT2D eigenvalue weighted by Gasteiger charge is 2.43. The number of esters is 1. The van der Waals surface area contributed by atoms with Crippen LogP contribution in [-0.2, 0) is 9.53 Å². The number of hydrogen-bond donors (Lipinski definition) is 0. The molecule has 1 aliphatic rings. The predicted molar refractivity (Wildman–Crippen MR) is 122 cm³/mol. The van der Waals surface area contributed by atoms with E-state index in [0.29, 0.717) is 29.0 Å². The Kier molecular flexibility index (Phi) is 6.25. The Morgan fingerprint density at radius 3 is 2.38 bits per heavy atom. The molecule has 5 nitrogen and oxygen atoms in total. The third-order valence-corrected chi connectivity index (χ3v) is 6.19. The molecule has 6 heteroatoms. The van der Waals surface area contributed by atoms with Gasteiger partial charge in [-0.15, -0.1) is 0 Å². The van der Waals surface area contributed by atoms with Gasteiger partial charge in [0.15, 0.2) is 0 Å². The first kappa shape index (κ1) is 21.6. The summed E-state index contributed by atoms with van der Waals surface area (Å²) in [6, 6.07) is 23.0. The molecule has 0 aliphatic carbocycles. The molecular weight excluding hydrogens is 424 g/mol. The number of rotatable bonds is 4. The van der Waals surface area contributed by atoms with Crippen LogP contribution in [0.15, 0.2) is 72.8 Å². The second-order valence-corrected chi connectivity index (χ2v) is 8.01. The first-order valence-electron chi connectivity index (χ1n) is 10.3. The summed E-state index contributed by atoms with van der Waals surface area (Å²) in [6.07, 6.45) is 1.12. The molecule has 1 fully saturated rings. The number of nitriles is 1. The van der Waals surface area contributed by atoms with Crippen molar-refractivity contribution in [2.45, 2.75) is 24.9 Å². The average Bonchev–Trinajstić information content (AvgIpc) is 3.28. The summed E-state index contributed by atoms with van der Waals surface area (Å²) in [5, 5.41) is 9.92. The lowest BCUT2D eigenvalue weighted by molar-refractivity contribution is -0.145. The van der Waals surface area contributed by atoms with Gasteiger partial charge in [0.2, 0.25) is 0 Å². The molecule has 0 spiro atoms. The summed E-state index contributed by atoms with van der Waals surface area (Å²) in [6.45, 7) is 0. The molecule has 1 amide bonds. The van der Waals surface area contributed by atoms with E-state index in [0.717, 1.165) is 16.7 Å². The lowest BCUT2D eigenvalue weighted by Gasteiger charge is -2.30. The van der Waals surface area contributed by atoms with Crippen molar-refractivity contribution in [2.24, 2.45) is 0 Å². The minimum absolute atomic E-state index is 0.261. The summed E-state index contributed by atoms with van der Waals surface area (Å²) >= 11 is 6.42. The summed E-state index contributed by atoms with van der Waals surface area (Å²) in [4.78, 5) is 27.6. The van der Waals surface area contributed by atoms with Gasteiger partial charge in [0, 0.05) is 10.6 Å². The topological polar surface area (TPSA) is 70.4 Å². The number of amides is 1. The number of benzene rings is 3. The smallest absolute Gasteiger partial charge is 0.328 e. The average molecular weight is 445 g/mol. The van der Waals surface area contributed by atoms with E-state index in [-0.39, 0.29) is 11.9 Å². The summed E-state index contributed by atoms with van der Waals surface area (Å²) < 4.78 is 4.97. The molecule has 3 aromatic rings. The standard InChI is InChI=1S/C26H21ClN2O3/c1-32-26(31)24-15-14-23(21-8-4-5-9-22(21)27)29(24)25(30)18-12-10-17(11-13-18)20-7-3-2-6-19(20)16-28/h2-13,23-24H,14-15H2,1H3/t23-,24-/m1/s1. The van der Waals surface area contributed by atoms with Crippen LogP contribution in [0.25, 0.3) is 11.1 Å². The zero-order valence-corrected chi connectivity index (χ0v) is 18.3. The van der Waals surface area contributed by atoms with Crippen LogP contribution in [-0.4, -0.2) is 29.9 Å². The van der Waals surface area contributed by atoms with Crippen LogP contribution in [0.4, 0.5) is 0 Å². The zero-order valence-electron chi connectivity index (χ0n) is 17.5. The number of hydrogen-bond acceptors (Lipinski definition) is 4. The Hall–Kier alpha value is -3.62. The number of methoxy groups -OCH3 is 1. The van der Waals surface area contributed by atoms with Gasteiger partial charge in [-0.1, -0.05) is 60.1 Å². The lowest BCUT2D eigenvalue weighted by Crippen LogP contribution is -2.42. The van der Waals surface area contributed by atoms with Crippen LogP contribution >= 0.6 is 11.6 Å². The molecule has 1 aliphatic heterocycles. The van der Waals surface area contributed by atoms with Crippen molar-refractivity contribution >= 4 is 23.5 Å². The Balaban J connectivity index is 1.69. The Morgan fingerprint density at radius 1 is 1.00 bits per heavy atom. The molecule has 0 saturated carbocycles. The van der Waals surface area contributed by atoms with Crippen molar-refractivity contribution < 1.29 is 14.3 Å². The Labute approximate surface area is 191 Å². The first-order valence-corrected chi connectivity index (χ1v) is 10.7. The molecule has 32 heavy (non-hydrogen) atoms. The van der Waals surface area contributed by atoms with E-state index in [1.54, 1.807) is 29.2 Å². The molecule has 0 unspecified atom stereocenters. The maximum atomic E-state index is 13.6. The quantitative estimate of drug-likeness (QED) is 0.505. The normalized spacial score (nSPS) is 17.6. The lowest BCUT2D eigenvalue weighted by atomic mass is 9.98. The van der Waals surface area contributed by atoms with E-state index in [9.17, 15) is 14.9 Å². The van der Waals surface area contributed by atoms with Gasteiger partial charge in [0.1, 0.15) is 6.04 Å². The van der Waals surface area contributed by atoms with Gasteiger partial charge in [-0.05, 0) is 53.8 Å². The molecule has 160 valence electrons. The minimum Gasteiger partial charge on any atom is -0.467 e. The number of carbonyl (C=O) groups is 2. The van der Waals surface area contributed by atoms with Gasteiger partial charge >= 0.3 is 5.97 Å². The second kappa shape index (κ2) is 9.25. The molecule has 0 aromatic heterocycles. The molecule has 2 atom stereocenters. The molecule has 0 bridgehead atoms. The largest absolute Gasteiger partial charge is 0.467 e. The maximum Gasteiger partial charge on any atom is 0.328 e. The first-order chi connectivity index (χ1) is 15.5. The van der Waals surface area contributed by atoms with E-state index in [1.807, 2.05) is 48.5 Å². The van der Waals surface area contributed by atoms with Gasteiger partial charge in [-0.25, -0.2) is 4.79 Å². The monoisotopic (exact) mass is 444 g/mol. The van der Waals surface area contributed by atoms with Crippen molar-refractivity contribution in [1.29, 1.82) is 5.26 Å². The van der Waals surface area contributed by atoms with Gasteiger partial charge in [-0.3, -0.25) is 4.79 Å². The number of nitrogens with zero attached hydrogens (tertiary/aromatic N) is 2. The van der Waals surface area contributed by atoms with Gasteiger partial charge in [-0.2, -0.15) is 5.26 Å². The van der Waals surface area contributed by atoms with Crippen molar-refractivity contribution in [3.05, 3.63) is 94.5 Å². The Morgan fingerprint density at radius 2 is 1.69 bits per heavy atom.